The summed E-state index contributed by atoms with van der Waals surface area (Å²) in [5.74, 6) is 0. The number of fused-ring (bicyclic) bond motifs is 1. The van der Waals surface area contributed by atoms with E-state index in [9.17, 15) is 23.1 Å². The highest BCUT2D eigenvalue weighted by atomic mass is 19.4. The van der Waals surface area contributed by atoms with E-state index >= 15 is 0 Å². The molecule has 0 aromatic carbocycles. The lowest BCUT2D eigenvalue weighted by atomic mass is 10.1. The maximum Gasteiger partial charge on any atom is 0.417 e. The summed E-state index contributed by atoms with van der Waals surface area (Å²) in [5, 5.41) is 9.85. The number of pyridine rings is 3. The Bertz CT molecular complexity index is 1290. The molecule has 158 valence electrons. The van der Waals surface area contributed by atoms with Crippen LogP contribution < -0.4 is 5.56 Å². The number of aliphatic hydroxyl groups excluding tert-OH is 1. The quantitative estimate of drug-likeness (QED) is 0.537. The van der Waals surface area contributed by atoms with E-state index in [0.717, 1.165) is 12.3 Å². The summed E-state index contributed by atoms with van der Waals surface area (Å²) < 4.78 is 39.9. The first-order valence-electron chi connectivity index (χ1n) is 9.26. The molecule has 0 saturated heterocycles. The molecule has 0 saturated carbocycles. The Morgan fingerprint density at radius 3 is 2.55 bits per heavy atom. The van der Waals surface area contributed by atoms with Gasteiger partial charge in [0.15, 0.2) is 0 Å². The average Bonchev–Trinajstić information content (AvgIpc) is 2.75. The van der Waals surface area contributed by atoms with Gasteiger partial charge in [0.2, 0.25) is 0 Å². The third-order valence-corrected chi connectivity index (χ3v) is 4.56. The number of nitrogens with zero attached hydrogens (tertiary/aromatic N) is 5. The van der Waals surface area contributed by atoms with Crippen LogP contribution in [0.4, 0.5) is 13.2 Å². The first kappa shape index (κ1) is 20.6. The van der Waals surface area contributed by atoms with Gasteiger partial charge in [0.1, 0.15) is 5.52 Å². The minimum Gasteiger partial charge on any atom is -0.392 e. The van der Waals surface area contributed by atoms with E-state index in [-0.39, 0.29) is 23.3 Å². The minimum atomic E-state index is -4.51. The maximum absolute atomic E-state index is 13.0. The molecule has 0 aliphatic carbocycles. The van der Waals surface area contributed by atoms with Crippen molar-refractivity contribution < 1.29 is 18.3 Å². The standard InChI is InChI=1S/C21H16F3N5O2/c1-12(30)10-29-11-27-19-15(20(29)31)7-17(28-18(19)13-3-2-6-25-8-13)16-5-4-14(9-26-16)21(22,23)24/h2-9,11-12,30H,10H2,1H3/t12-/m1/s1. The molecular formula is C21H16F3N5O2. The first-order valence-corrected chi connectivity index (χ1v) is 9.26. The number of halogens is 3. The van der Waals surface area contributed by atoms with Gasteiger partial charge in [0.05, 0.1) is 47.0 Å². The monoisotopic (exact) mass is 427 g/mol. The van der Waals surface area contributed by atoms with E-state index in [1.54, 1.807) is 31.5 Å². The van der Waals surface area contributed by atoms with Crippen molar-refractivity contribution in [3.8, 4) is 22.6 Å². The lowest BCUT2D eigenvalue weighted by Crippen LogP contribution is -2.25. The van der Waals surface area contributed by atoms with Crippen LogP contribution in [0.25, 0.3) is 33.5 Å². The number of aromatic nitrogens is 5. The van der Waals surface area contributed by atoms with Gasteiger partial charge >= 0.3 is 6.18 Å². The van der Waals surface area contributed by atoms with Crippen molar-refractivity contribution >= 4 is 10.9 Å². The molecule has 4 aromatic rings. The molecule has 0 amide bonds. The summed E-state index contributed by atoms with van der Waals surface area (Å²) in [6, 6.07) is 6.99. The van der Waals surface area contributed by atoms with E-state index in [0.29, 0.717) is 16.8 Å². The molecule has 0 bridgehead atoms. The summed E-state index contributed by atoms with van der Waals surface area (Å²) >= 11 is 0. The molecule has 4 aromatic heterocycles. The van der Waals surface area contributed by atoms with Crippen LogP contribution >= 0.6 is 0 Å². The van der Waals surface area contributed by atoms with Gasteiger partial charge in [0.25, 0.3) is 5.56 Å². The van der Waals surface area contributed by atoms with Crippen LogP contribution in [0.1, 0.15) is 12.5 Å². The third-order valence-electron chi connectivity index (χ3n) is 4.56. The molecule has 0 aliphatic rings. The fourth-order valence-electron chi connectivity index (χ4n) is 3.13. The fraction of sp³-hybridized carbons (Fsp3) is 0.190. The number of rotatable bonds is 4. The molecule has 1 N–H and O–H groups in total. The zero-order chi connectivity index (χ0) is 22.2. The van der Waals surface area contributed by atoms with Crippen molar-refractivity contribution in [2.24, 2.45) is 0 Å². The third kappa shape index (κ3) is 4.15. The van der Waals surface area contributed by atoms with E-state index in [1.165, 1.54) is 23.0 Å². The van der Waals surface area contributed by atoms with Crippen molar-refractivity contribution in [3.05, 3.63) is 71.2 Å². The lowest BCUT2D eigenvalue weighted by molar-refractivity contribution is -0.137. The summed E-state index contributed by atoms with van der Waals surface area (Å²) in [4.78, 5) is 29.8. The number of hydrogen-bond acceptors (Lipinski definition) is 6. The molecule has 0 fully saturated rings. The zero-order valence-corrected chi connectivity index (χ0v) is 16.2. The predicted molar refractivity (Wildman–Crippen MR) is 107 cm³/mol. The normalized spacial score (nSPS) is 12.8. The highest BCUT2D eigenvalue weighted by molar-refractivity contribution is 5.93. The smallest absolute Gasteiger partial charge is 0.392 e. The molecule has 0 spiro atoms. The highest BCUT2D eigenvalue weighted by Crippen LogP contribution is 2.31. The van der Waals surface area contributed by atoms with E-state index in [2.05, 4.69) is 19.9 Å². The second kappa shape index (κ2) is 7.88. The molecule has 0 aliphatic heterocycles. The van der Waals surface area contributed by atoms with Crippen LogP contribution in [0.15, 0.2) is 60.0 Å². The highest BCUT2D eigenvalue weighted by Gasteiger charge is 2.30. The Morgan fingerprint density at radius 2 is 1.94 bits per heavy atom. The Hall–Kier alpha value is -3.66. The predicted octanol–water partition coefficient (Wildman–Crippen LogP) is 3.32. The van der Waals surface area contributed by atoms with Crippen molar-refractivity contribution in [2.45, 2.75) is 25.7 Å². The SMILES string of the molecule is C[C@@H](O)Cn1cnc2c(-c3cccnc3)nc(-c3ccc(C(F)(F)F)cn3)cc2c1=O. The van der Waals surface area contributed by atoms with Gasteiger partial charge in [-0.15, -0.1) is 0 Å². The van der Waals surface area contributed by atoms with Gasteiger partial charge in [-0.25, -0.2) is 9.97 Å². The summed E-state index contributed by atoms with van der Waals surface area (Å²) in [5.41, 5.74) is 0.344. The Morgan fingerprint density at radius 1 is 1.13 bits per heavy atom. The average molecular weight is 427 g/mol. The number of aliphatic hydroxyl groups is 1. The molecule has 10 heteroatoms. The summed E-state index contributed by atoms with van der Waals surface area (Å²) in [6.07, 6.45) is -0.103. The Balaban J connectivity index is 1.95. The Labute approximate surface area is 173 Å². The molecule has 1 atom stereocenters. The first-order chi connectivity index (χ1) is 14.7. The summed E-state index contributed by atoms with van der Waals surface area (Å²) in [6.45, 7) is 1.59. The van der Waals surface area contributed by atoms with Gasteiger partial charge in [-0.2, -0.15) is 13.2 Å². The maximum atomic E-state index is 13.0. The minimum absolute atomic E-state index is 0.0419. The van der Waals surface area contributed by atoms with Crippen LogP contribution in [0.2, 0.25) is 0 Å². The van der Waals surface area contributed by atoms with Crippen LogP contribution in [0.3, 0.4) is 0 Å². The van der Waals surface area contributed by atoms with Crippen molar-refractivity contribution in [3.63, 3.8) is 0 Å². The molecule has 0 radical (unpaired) electrons. The van der Waals surface area contributed by atoms with Crippen LogP contribution in [0.5, 0.6) is 0 Å². The largest absolute Gasteiger partial charge is 0.417 e. The summed E-state index contributed by atoms with van der Waals surface area (Å²) in [7, 11) is 0. The van der Waals surface area contributed by atoms with Crippen molar-refractivity contribution in [2.75, 3.05) is 0 Å². The van der Waals surface area contributed by atoms with Crippen LogP contribution in [-0.2, 0) is 12.7 Å². The van der Waals surface area contributed by atoms with Gasteiger partial charge in [0, 0.05) is 24.2 Å². The van der Waals surface area contributed by atoms with E-state index < -0.39 is 23.4 Å². The fourth-order valence-corrected chi connectivity index (χ4v) is 3.13. The van der Waals surface area contributed by atoms with Gasteiger partial charge in [-0.1, -0.05) is 0 Å². The molecular weight excluding hydrogens is 411 g/mol. The molecule has 7 nitrogen and oxygen atoms in total. The van der Waals surface area contributed by atoms with Crippen LogP contribution in [-0.4, -0.2) is 35.7 Å². The van der Waals surface area contributed by atoms with E-state index in [1.807, 2.05) is 0 Å². The van der Waals surface area contributed by atoms with E-state index in [4.69, 9.17) is 0 Å². The molecule has 31 heavy (non-hydrogen) atoms. The molecule has 4 rings (SSSR count). The number of alkyl halides is 3. The second-order valence-electron chi connectivity index (χ2n) is 6.97. The van der Waals surface area contributed by atoms with Crippen molar-refractivity contribution in [1.29, 1.82) is 0 Å². The second-order valence-corrected chi connectivity index (χ2v) is 6.97. The molecule has 0 unspecified atom stereocenters. The Kier molecular flexibility index (Phi) is 5.24. The topological polar surface area (TPSA) is 93.8 Å². The zero-order valence-electron chi connectivity index (χ0n) is 16.2. The lowest BCUT2D eigenvalue weighted by Gasteiger charge is -2.12. The molecule has 4 heterocycles. The van der Waals surface area contributed by atoms with Gasteiger partial charge < -0.3 is 5.11 Å². The van der Waals surface area contributed by atoms with Crippen LogP contribution in [0, 0.1) is 0 Å². The van der Waals surface area contributed by atoms with Crippen molar-refractivity contribution in [1.82, 2.24) is 24.5 Å². The van der Waals surface area contributed by atoms with Gasteiger partial charge in [-0.3, -0.25) is 19.3 Å². The number of hydrogen-bond donors (Lipinski definition) is 1. The van der Waals surface area contributed by atoms with Gasteiger partial charge in [-0.05, 0) is 37.3 Å².